The van der Waals surface area contributed by atoms with Crippen molar-refractivity contribution in [2.75, 3.05) is 13.2 Å². The van der Waals surface area contributed by atoms with Crippen molar-refractivity contribution in [1.82, 2.24) is 4.98 Å². The van der Waals surface area contributed by atoms with Crippen LogP contribution in [-0.4, -0.2) is 18.2 Å². The van der Waals surface area contributed by atoms with Crippen molar-refractivity contribution < 1.29 is 9.47 Å². The van der Waals surface area contributed by atoms with Crippen LogP contribution >= 0.6 is 0 Å². The molecule has 0 spiro atoms. The average Bonchev–Trinajstić information content (AvgIpc) is 2.74. The van der Waals surface area contributed by atoms with Gasteiger partial charge < -0.3 is 9.47 Å². The van der Waals surface area contributed by atoms with Gasteiger partial charge in [0.25, 0.3) is 0 Å². The molecule has 0 bridgehead atoms. The number of aromatic nitrogens is 1. The van der Waals surface area contributed by atoms with Gasteiger partial charge in [0.2, 0.25) is 0 Å². The summed E-state index contributed by atoms with van der Waals surface area (Å²) in [6.07, 6.45) is 14.4. The molecule has 0 radical (unpaired) electrons. The van der Waals surface area contributed by atoms with Gasteiger partial charge in [0.05, 0.1) is 25.1 Å². The molecule has 1 heterocycles. The molecule has 3 heteroatoms. The lowest BCUT2D eigenvalue weighted by Gasteiger charge is -2.08. The molecule has 1 aromatic heterocycles. The smallest absolute Gasteiger partial charge is 0.137 e. The van der Waals surface area contributed by atoms with Crippen molar-refractivity contribution in [3.8, 4) is 22.8 Å². The molecule has 0 unspecified atom stereocenters. The summed E-state index contributed by atoms with van der Waals surface area (Å²) in [5.41, 5.74) is 2.06. The van der Waals surface area contributed by atoms with Crippen molar-refractivity contribution in [2.45, 2.75) is 78.1 Å². The molecule has 3 nitrogen and oxygen atoms in total. The molecular weight excluding hydrogens is 346 g/mol. The summed E-state index contributed by atoms with van der Waals surface area (Å²) in [6.45, 7) is 6.04. The van der Waals surface area contributed by atoms with Gasteiger partial charge in [-0.05, 0) is 49.2 Å². The molecule has 0 amide bonds. The normalized spacial score (nSPS) is 10.8. The minimum atomic E-state index is 0.775. The molecular formula is C25H37NO2. The highest BCUT2D eigenvalue weighted by Gasteiger charge is 2.02. The summed E-state index contributed by atoms with van der Waals surface area (Å²) < 4.78 is 11.6. The van der Waals surface area contributed by atoms with Gasteiger partial charge in [0.1, 0.15) is 11.5 Å². The molecule has 0 saturated carbocycles. The predicted octanol–water partition coefficient (Wildman–Crippen LogP) is 7.45. The molecule has 0 saturated heterocycles. The van der Waals surface area contributed by atoms with E-state index in [2.05, 4.69) is 31.0 Å². The number of pyridine rings is 1. The summed E-state index contributed by atoms with van der Waals surface area (Å²) in [6, 6.07) is 12.2. The highest BCUT2D eigenvalue weighted by molar-refractivity contribution is 5.60. The number of benzene rings is 1. The minimum Gasteiger partial charge on any atom is -0.494 e. The molecule has 2 aromatic rings. The monoisotopic (exact) mass is 383 g/mol. The maximum absolute atomic E-state index is 5.81. The van der Waals surface area contributed by atoms with Gasteiger partial charge in [-0.15, -0.1) is 0 Å². The average molecular weight is 384 g/mol. The van der Waals surface area contributed by atoms with Crippen molar-refractivity contribution in [3.63, 3.8) is 0 Å². The first-order chi connectivity index (χ1) is 13.8. The zero-order chi connectivity index (χ0) is 19.9. The van der Waals surface area contributed by atoms with Gasteiger partial charge in [-0.25, -0.2) is 0 Å². The summed E-state index contributed by atoms with van der Waals surface area (Å²) in [4.78, 5) is 4.55. The second kappa shape index (κ2) is 14.0. The van der Waals surface area contributed by atoms with E-state index in [1.807, 2.05) is 30.5 Å². The zero-order valence-corrected chi connectivity index (χ0v) is 17.8. The summed E-state index contributed by atoms with van der Waals surface area (Å²) in [7, 11) is 0. The van der Waals surface area contributed by atoms with E-state index in [4.69, 9.17) is 9.47 Å². The van der Waals surface area contributed by atoms with Crippen LogP contribution in [0.3, 0.4) is 0 Å². The van der Waals surface area contributed by atoms with E-state index in [-0.39, 0.29) is 0 Å². The SMILES string of the molecule is CCCCCCCCOc1ccc(-c2ccc(OCCCCCC)cc2)nc1. The molecule has 28 heavy (non-hydrogen) atoms. The number of nitrogens with zero attached hydrogens (tertiary/aromatic N) is 1. The molecule has 0 aliphatic heterocycles. The second-order valence-electron chi connectivity index (χ2n) is 7.43. The van der Waals surface area contributed by atoms with Crippen molar-refractivity contribution in [2.24, 2.45) is 0 Å². The van der Waals surface area contributed by atoms with E-state index in [0.717, 1.165) is 48.8 Å². The first-order valence-electron chi connectivity index (χ1n) is 11.2. The number of hydrogen-bond acceptors (Lipinski definition) is 3. The highest BCUT2D eigenvalue weighted by atomic mass is 16.5. The van der Waals surface area contributed by atoms with Gasteiger partial charge in [-0.2, -0.15) is 0 Å². The molecule has 154 valence electrons. The molecule has 0 aliphatic rings. The van der Waals surface area contributed by atoms with Gasteiger partial charge in [0.15, 0.2) is 0 Å². The lowest BCUT2D eigenvalue weighted by atomic mass is 10.1. The fourth-order valence-electron chi connectivity index (χ4n) is 3.15. The first-order valence-corrected chi connectivity index (χ1v) is 11.2. The van der Waals surface area contributed by atoms with Crippen molar-refractivity contribution >= 4 is 0 Å². The van der Waals surface area contributed by atoms with Crippen LogP contribution in [0.15, 0.2) is 42.6 Å². The van der Waals surface area contributed by atoms with Gasteiger partial charge in [-0.1, -0.05) is 65.2 Å². The molecule has 0 fully saturated rings. The highest BCUT2D eigenvalue weighted by Crippen LogP contribution is 2.22. The fourth-order valence-corrected chi connectivity index (χ4v) is 3.15. The number of ether oxygens (including phenoxy) is 2. The maximum atomic E-state index is 5.81. The van der Waals surface area contributed by atoms with Gasteiger partial charge >= 0.3 is 0 Å². The standard InChI is InChI=1S/C25H37NO2/c1-3-5-7-9-10-12-20-28-24-17-18-25(26-21-24)22-13-15-23(16-14-22)27-19-11-8-6-4-2/h13-18,21H,3-12,19-20H2,1-2H3. The Hall–Kier alpha value is -2.03. The number of unbranched alkanes of at least 4 members (excludes halogenated alkanes) is 8. The Morgan fingerprint density at radius 1 is 0.607 bits per heavy atom. The Bertz CT molecular complexity index is 622. The second-order valence-corrected chi connectivity index (χ2v) is 7.43. The van der Waals surface area contributed by atoms with E-state index in [1.54, 1.807) is 0 Å². The van der Waals surface area contributed by atoms with E-state index < -0.39 is 0 Å². The van der Waals surface area contributed by atoms with Crippen molar-refractivity contribution in [1.29, 1.82) is 0 Å². The molecule has 0 N–H and O–H groups in total. The Morgan fingerprint density at radius 2 is 1.14 bits per heavy atom. The molecule has 1 aromatic carbocycles. The Kier molecular flexibility index (Phi) is 11.2. The van der Waals surface area contributed by atoms with Crippen LogP contribution in [0.2, 0.25) is 0 Å². The lowest BCUT2D eigenvalue weighted by molar-refractivity contribution is 0.303. The van der Waals surface area contributed by atoms with Crippen LogP contribution in [0.25, 0.3) is 11.3 Å². The molecule has 2 rings (SSSR count). The summed E-state index contributed by atoms with van der Waals surface area (Å²) in [5.74, 6) is 1.78. The van der Waals surface area contributed by atoms with Crippen LogP contribution in [0.1, 0.15) is 78.1 Å². The van der Waals surface area contributed by atoms with Crippen LogP contribution in [0.4, 0.5) is 0 Å². The van der Waals surface area contributed by atoms with E-state index >= 15 is 0 Å². The van der Waals surface area contributed by atoms with Crippen LogP contribution in [0, 0.1) is 0 Å². The Balaban J connectivity index is 1.70. The summed E-state index contributed by atoms with van der Waals surface area (Å²) in [5, 5.41) is 0. The van der Waals surface area contributed by atoms with Gasteiger partial charge in [0, 0.05) is 5.56 Å². The third kappa shape index (κ3) is 8.77. The lowest BCUT2D eigenvalue weighted by Crippen LogP contribution is -1.98. The molecule has 0 atom stereocenters. The minimum absolute atomic E-state index is 0.775. The van der Waals surface area contributed by atoms with E-state index in [9.17, 15) is 0 Å². The largest absolute Gasteiger partial charge is 0.494 e. The maximum Gasteiger partial charge on any atom is 0.137 e. The Morgan fingerprint density at radius 3 is 1.75 bits per heavy atom. The topological polar surface area (TPSA) is 31.4 Å². The van der Waals surface area contributed by atoms with Crippen molar-refractivity contribution in [3.05, 3.63) is 42.6 Å². The summed E-state index contributed by atoms with van der Waals surface area (Å²) >= 11 is 0. The van der Waals surface area contributed by atoms with Crippen LogP contribution in [-0.2, 0) is 0 Å². The fraction of sp³-hybridized carbons (Fsp3) is 0.560. The van der Waals surface area contributed by atoms with Crippen LogP contribution < -0.4 is 9.47 Å². The quantitative estimate of drug-likeness (QED) is 0.299. The Labute approximate surface area is 171 Å². The van der Waals surface area contributed by atoms with E-state index in [1.165, 1.54) is 51.4 Å². The van der Waals surface area contributed by atoms with Crippen LogP contribution in [0.5, 0.6) is 11.5 Å². The van der Waals surface area contributed by atoms with Gasteiger partial charge in [-0.3, -0.25) is 4.98 Å². The first kappa shape index (κ1) is 22.3. The zero-order valence-electron chi connectivity index (χ0n) is 17.8. The molecule has 0 aliphatic carbocycles. The van der Waals surface area contributed by atoms with E-state index in [0.29, 0.717) is 0 Å². The predicted molar refractivity (Wildman–Crippen MR) is 118 cm³/mol. The number of rotatable bonds is 15. The third-order valence-corrected chi connectivity index (χ3v) is 4.92. The third-order valence-electron chi connectivity index (χ3n) is 4.92. The number of hydrogen-bond donors (Lipinski definition) is 0.